The topological polar surface area (TPSA) is 18.5 Å². The fraction of sp³-hybridized carbons (Fsp3) is 0.333. The summed E-state index contributed by atoms with van der Waals surface area (Å²) in [6.45, 7) is 12.3. The van der Waals surface area contributed by atoms with Gasteiger partial charge in [-0.3, -0.25) is 0 Å². The van der Waals surface area contributed by atoms with Crippen molar-refractivity contribution in [3.8, 4) is 33.8 Å². The predicted octanol–water partition coefficient (Wildman–Crippen LogP) is 6.78. The highest BCUT2D eigenvalue weighted by Crippen LogP contribution is 2.63. The maximum atomic E-state index is 6.56. The van der Waals surface area contributed by atoms with Crippen molar-refractivity contribution in [1.29, 1.82) is 0 Å². The molecule has 4 heteroatoms. The molecule has 0 heterocycles. The van der Waals surface area contributed by atoms with Gasteiger partial charge in [-0.1, -0.05) is 112 Å². The third kappa shape index (κ3) is 4.10. The Labute approximate surface area is 242 Å². The molecule has 0 N–H and O–H groups in total. The summed E-state index contributed by atoms with van der Waals surface area (Å²) in [6.07, 6.45) is 2.12. The van der Waals surface area contributed by atoms with E-state index in [1.54, 1.807) is 0 Å². The Morgan fingerprint density at radius 2 is 1.05 bits per heavy atom. The Bertz CT molecular complexity index is 1550. The highest BCUT2D eigenvalue weighted by Gasteiger charge is 2.52. The number of hydrogen-bond donors (Lipinski definition) is 0. The quantitative estimate of drug-likeness (QED) is 0.205. The monoisotopic (exact) mass is 522 g/mol. The molecule has 0 saturated heterocycles. The number of rotatable bonds is 8. The van der Waals surface area contributed by atoms with Gasteiger partial charge in [-0.15, -0.1) is 0 Å². The molecule has 6 rings (SSSR count). The molecule has 4 aromatic rings. The van der Waals surface area contributed by atoms with Crippen LogP contribution in [0.15, 0.2) is 66.7 Å². The normalized spacial score (nSPS) is 15.2. The lowest BCUT2D eigenvalue weighted by molar-refractivity contribution is 0.217. The molecule has 2 aliphatic rings. The van der Waals surface area contributed by atoms with Crippen LogP contribution in [-0.4, -0.2) is 28.9 Å². The Balaban J connectivity index is 1.66. The smallest absolute Gasteiger partial charge is 0.161 e. The van der Waals surface area contributed by atoms with Crippen molar-refractivity contribution < 1.29 is 9.47 Å². The lowest BCUT2D eigenvalue weighted by Crippen LogP contribution is -2.28. The predicted molar refractivity (Wildman–Crippen MR) is 168 cm³/mol. The van der Waals surface area contributed by atoms with Crippen LogP contribution in [0.2, 0.25) is 0 Å². The van der Waals surface area contributed by atoms with E-state index in [4.69, 9.17) is 25.2 Å². The van der Waals surface area contributed by atoms with Crippen molar-refractivity contribution in [1.82, 2.24) is 0 Å². The highest BCUT2D eigenvalue weighted by molar-refractivity contribution is 6.33. The molecule has 2 aliphatic carbocycles. The van der Waals surface area contributed by atoms with Gasteiger partial charge in [0.05, 0.1) is 18.6 Å². The Morgan fingerprint density at radius 3 is 1.60 bits per heavy atom. The minimum absolute atomic E-state index is 0.442. The van der Waals surface area contributed by atoms with Crippen LogP contribution in [0.4, 0.5) is 0 Å². The van der Waals surface area contributed by atoms with Crippen LogP contribution in [0.3, 0.4) is 0 Å². The van der Waals surface area contributed by atoms with E-state index in [1.807, 2.05) is 12.1 Å². The van der Waals surface area contributed by atoms with Gasteiger partial charge in [0.2, 0.25) is 0 Å². The minimum atomic E-state index is -0.546. The van der Waals surface area contributed by atoms with Crippen LogP contribution < -0.4 is 20.4 Å². The van der Waals surface area contributed by atoms with Crippen LogP contribution >= 0.6 is 0 Å². The van der Waals surface area contributed by atoms with Gasteiger partial charge in [-0.05, 0) is 75.4 Å². The molecular weight excluding hydrogens is 486 g/mol. The van der Waals surface area contributed by atoms with Crippen molar-refractivity contribution in [3.63, 3.8) is 0 Å². The average molecular weight is 522 g/mol. The van der Waals surface area contributed by atoms with E-state index < -0.39 is 5.41 Å². The molecule has 2 nitrogen and oxygen atoms in total. The SMILES string of the molecule is [B]c1ccc2c(c1)C1(c3cc([B])ccc3-2)c2cc(C)ccc2-c2cc(OCC(C)CC)c(OCC(C)CC)cc21. The molecule has 0 amide bonds. The largest absolute Gasteiger partial charge is 0.489 e. The first-order valence-corrected chi connectivity index (χ1v) is 14.6. The van der Waals surface area contributed by atoms with Gasteiger partial charge in [-0.2, -0.15) is 0 Å². The van der Waals surface area contributed by atoms with Crippen LogP contribution in [0.25, 0.3) is 22.3 Å². The molecule has 4 radical (unpaired) electrons. The van der Waals surface area contributed by atoms with Crippen molar-refractivity contribution in [2.45, 2.75) is 52.9 Å². The summed E-state index contributed by atoms with van der Waals surface area (Å²) in [5.74, 6) is 2.51. The van der Waals surface area contributed by atoms with E-state index in [0.29, 0.717) is 25.0 Å². The summed E-state index contributed by atoms with van der Waals surface area (Å²) in [5.41, 5.74) is 11.8. The summed E-state index contributed by atoms with van der Waals surface area (Å²) in [4.78, 5) is 0. The molecular formula is C36H36B2O2. The maximum Gasteiger partial charge on any atom is 0.161 e. The second kappa shape index (κ2) is 10.2. The molecule has 0 fully saturated rings. The zero-order chi connectivity index (χ0) is 28.2. The van der Waals surface area contributed by atoms with Crippen LogP contribution in [0, 0.1) is 18.8 Å². The highest BCUT2D eigenvalue weighted by atomic mass is 16.5. The average Bonchev–Trinajstić information content (AvgIpc) is 3.38. The molecule has 2 unspecified atom stereocenters. The van der Waals surface area contributed by atoms with Gasteiger partial charge < -0.3 is 9.47 Å². The zero-order valence-electron chi connectivity index (χ0n) is 24.3. The number of hydrogen-bond acceptors (Lipinski definition) is 2. The van der Waals surface area contributed by atoms with Crippen LogP contribution in [0.1, 0.15) is 68.4 Å². The maximum absolute atomic E-state index is 6.56. The van der Waals surface area contributed by atoms with Crippen molar-refractivity contribution in [2.24, 2.45) is 11.8 Å². The van der Waals surface area contributed by atoms with Gasteiger partial charge in [0.25, 0.3) is 0 Å². The molecule has 40 heavy (non-hydrogen) atoms. The molecule has 4 aromatic carbocycles. The van der Waals surface area contributed by atoms with Gasteiger partial charge in [0.1, 0.15) is 15.7 Å². The van der Waals surface area contributed by atoms with E-state index in [9.17, 15) is 0 Å². The third-order valence-corrected chi connectivity index (χ3v) is 8.98. The zero-order valence-corrected chi connectivity index (χ0v) is 24.3. The molecule has 198 valence electrons. The van der Waals surface area contributed by atoms with Crippen LogP contribution in [0.5, 0.6) is 11.5 Å². The van der Waals surface area contributed by atoms with E-state index in [2.05, 4.69) is 89.2 Å². The minimum Gasteiger partial charge on any atom is -0.489 e. The molecule has 1 spiro atoms. The van der Waals surface area contributed by atoms with Gasteiger partial charge >= 0.3 is 0 Å². The van der Waals surface area contributed by atoms with E-state index >= 15 is 0 Å². The van der Waals surface area contributed by atoms with Gasteiger partial charge in [0.15, 0.2) is 11.5 Å². The second-order valence-corrected chi connectivity index (χ2v) is 11.9. The van der Waals surface area contributed by atoms with Crippen molar-refractivity contribution in [3.05, 3.63) is 94.5 Å². The van der Waals surface area contributed by atoms with Crippen molar-refractivity contribution >= 4 is 26.6 Å². The molecule has 0 aromatic heterocycles. The van der Waals surface area contributed by atoms with Crippen LogP contribution in [-0.2, 0) is 5.41 Å². The first-order valence-electron chi connectivity index (χ1n) is 14.6. The summed E-state index contributed by atoms with van der Waals surface area (Å²) in [7, 11) is 13.0. The first-order chi connectivity index (χ1) is 19.3. The number of benzene rings is 4. The number of fused-ring (bicyclic) bond motifs is 10. The summed E-state index contributed by atoms with van der Waals surface area (Å²) in [5, 5.41) is 0. The second-order valence-electron chi connectivity index (χ2n) is 11.9. The van der Waals surface area contributed by atoms with E-state index in [-0.39, 0.29) is 0 Å². The summed E-state index contributed by atoms with van der Waals surface area (Å²) in [6, 6.07) is 23.9. The molecule has 0 bridgehead atoms. The van der Waals surface area contributed by atoms with Gasteiger partial charge in [0, 0.05) is 0 Å². The Kier molecular flexibility index (Phi) is 6.85. The van der Waals surface area contributed by atoms with E-state index in [0.717, 1.165) is 35.3 Å². The molecule has 0 aliphatic heterocycles. The Morgan fingerprint density at radius 1 is 0.600 bits per heavy atom. The lowest BCUT2D eigenvalue weighted by Gasteiger charge is -2.31. The fourth-order valence-corrected chi connectivity index (χ4v) is 6.31. The number of ether oxygens (including phenoxy) is 2. The Hall–Kier alpha value is -3.39. The fourth-order valence-electron chi connectivity index (χ4n) is 6.31. The molecule has 0 saturated carbocycles. The summed E-state index contributed by atoms with van der Waals surface area (Å²) >= 11 is 0. The third-order valence-electron chi connectivity index (χ3n) is 8.98. The van der Waals surface area contributed by atoms with E-state index in [1.165, 1.54) is 50.1 Å². The first kappa shape index (κ1) is 26.8. The lowest BCUT2D eigenvalue weighted by atomic mass is 9.69. The standard InChI is InChI=1S/C36H36B2O2/c1-6-21(3)19-39-34-17-29-28-11-8-23(5)14-30(28)36(33(29)18-35(34)40-20-22(4)7-2)31-15-24(37)9-12-26(31)27-13-10-25(38)16-32(27)36/h8-18,21-22H,6-7,19-20H2,1-5H3. The number of aryl methyl sites for hydroxylation is 1. The summed E-state index contributed by atoms with van der Waals surface area (Å²) < 4.78 is 13.0. The van der Waals surface area contributed by atoms with Gasteiger partial charge in [-0.25, -0.2) is 0 Å². The molecule has 2 atom stereocenters. The van der Waals surface area contributed by atoms with Crippen molar-refractivity contribution in [2.75, 3.05) is 13.2 Å².